The number of nitrogens with one attached hydrogen (secondary N) is 2. The molecule has 2 aromatic heterocycles. The number of nitrogens with zero attached hydrogens (tertiary/aromatic N) is 1. The van der Waals surface area contributed by atoms with Gasteiger partial charge in [0.25, 0.3) is 5.91 Å². The Balaban J connectivity index is 1.60. The highest BCUT2D eigenvalue weighted by Crippen LogP contribution is 2.26. The first kappa shape index (κ1) is 20.6. The lowest BCUT2D eigenvalue weighted by Gasteiger charge is -2.17. The molecule has 8 heteroatoms. The second-order valence-corrected chi connectivity index (χ2v) is 7.56. The molecule has 0 aliphatic rings. The van der Waals surface area contributed by atoms with Crippen LogP contribution in [-0.4, -0.2) is 23.9 Å². The number of aryl methyl sites for hydroxylation is 2. The molecule has 0 fully saturated rings. The minimum absolute atomic E-state index is 0.121. The molecule has 0 saturated heterocycles. The molecular weight excluding hydrogens is 390 g/mol. The van der Waals surface area contributed by atoms with Crippen LogP contribution in [0, 0.1) is 13.8 Å². The number of hydrogen-bond donors (Lipinski definition) is 2. The van der Waals surface area contributed by atoms with E-state index >= 15 is 0 Å². The third kappa shape index (κ3) is 5.03. The Morgan fingerprint density at radius 1 is 1.28 bits per heavy atom. The Morgan fingerprint density at radius 3 is 2.76 bits per heavy atom. The predicted octanol–water partition coefficient (Wildman–Crippen LogP) is 4.03. The number of hydrogen-bond acceptors (Lipinski definition) is 6. The first-order valence-electron chi connectivity index (χ1n) is 9.11. The van der Waals surface area contributed by atoms with Gasteiger partial charge in [-0.3, -0.25) is 14.9 Å². The number of ether oxygens (including phenoxy) is 1. The third-order valence-corrected chi connectivity index (χ3v) is 5.25. The van der Waals surface area contributed by atoms with Crippen LogP contribution in [0.5, 0.6) is 5.75 Å². The zero-order valence-electron chi connectivity index (χ0n) is 16.7. The van der Waals surface area contributed by atoms with E-state index in [0.29, 0.717) is 22.1 Å². The van der Waals surface area contributed by atoms with Crippen LogP contribution in [0.3, 0.4) is 0 Å². The van der Waals surface area contributed by atoms with Crippen LogP contribution in [0.2, 0.25) is 0 Å². The normalized spacial score (nSPS) is 11.7. The number of benzene rings is 1. The summed E-state index contributed by atoms with van der Waals surface area (Å²) < 4.78 is 10.5. The van der Waals surface area contributed by atoms with E-state index in [2.05, 4.69) is 15.6 Å². The summed E-state index contributed by atoms with van der Waals surface area (Å²) in [4.78, 5) is 29.0. The lowest BCUT2D eigenvalue weighted by Crippen LogP contribution is -2.28. The maximum absolute atomic E-state index is 12.5. The predicted molar refractivity (Wildman–Crippen MR) is 112 cm³/mol. The molecule has 2 heterocycles. The molecular formula is C21H23N3O4S. The number of amides is 2. The number of furan rings is 1. The monoisotopic (exact) mass is 413 g/mol. The molecule has 3 rings (SSSR count). The van der Waals surface area contributed by atoms with E-state index in [1.807, 2.05) is 32.0 Å². The van der Waals surface area contributed by atoms with Crippen molar-refractivity contribution in [2.75, 3.05) is 12.4 Å². The van der Waals surface area contributed by atoms with E-state index in [-0.39, 0.29) is 24.3 Å². The van der Waals surface area contributed by atoms with Crippen molar-refractivity contribution in [3.8, 4) is 5.75 Å². The highest BCUT2D eigenvalue weighted by atomic mass is 32.1. The molecule has 1 aromatic carbocycles. The molecule has 152 valence electrons. The van der Waals surface area contributed by atoms with Gasteiger partial charge < -0.3 is 14.5 Å². The molecule has 2 amide bonds. The van der Waals surface area contributed by atoms with Crippen molar-refractivity contribution in [1.82, 2.24) is 10.3 Å². The molecule has 0 radical (unpaired) electrons. The number of carbonyl (C=O) groups is 2. The van der Waals surface area contributed by atoms with Crippen molar-refractivity contribution >= 4 is 28.3 Å². The molecule has 29 heavy (non-hydrogen) atoms. The summed E-state index contributed by atoms with van der Waals surface area (Å²) in [7, 11) is 1.61. The zero-order chi connectivity index (χ0) is 21.0. The van der Waals surface area contributed by atoms with E-state index in [1.54, 1.807) is 25.5 Å². The lowest BCUT2D eigenvalue weighted by molar-refractivity contribution is -0.121. The highest BCUT2D eigenvalue weighted by molar-refractivity contribution is 7.14. The van der Waals surface area contributed by atoms with Gasteiger partial charge in [0.1, 0.15) is 11.5 Å². The van der Waals surface area contributed by atoms with Gasteiger partial charge in [0.2, 0.25) is 5.91 Å². The molecule has 0 aliphatic carbocycles. The fourth-order valence-electron chi connectivity index (χ4n) is 2.96. The van der Waals surface area contributed by atoms with Crippen molar-refractivity contribution in [3.05, 3.63) is 64.1 Å². The molecule has 0 spiro atoms. The quantitative estimate of drug-likeness (QED) is 0.610. The van der Waals surface area contributed by atoms with Crippen molar-refractivity contribution in [2.24, 2.45) is 0 Å². The van der Waals surface area contributed by atoms with Gasteiger partial charge in [-0.1, -0.05) is 17.7 Å². The lowest BCUT2D eigenvalue weighted by atomic mass is 10.0. The summed E-state index contributed by atoms with van der Waals surface area (Å²) in [5.74, 6) is 0.826. The van der Waals surface area contributed by atoms with Gasteiger partial charge in [-0.25, -0.2) is 4.98 Å². The Labute approximate surface area is 173 Å². The van der Waals surface area contributed by atoms with Crippen LogP contribution in [0.15, 0.2) is 40.3 Å². The highest BCUT2D eigenvalue weighted by Gasteiger charge is 2.17. The summed E-state index contributed by atoms with van der Waals surface area (Å²) in [6.07, 6.45) is 1.59. The first-order chi connectivity index (χ1) is 13.9. The summed E-state index contributed by atoms with van der Waals surface area (Å²) in [5, 5.41) is 7.90. The van der Waals surface area contributed by atoms with Gasteiger partial charge in [0, 0.05) is 10.9 Å². The number of anilines is 1. The summed E-state index contributed by atoms with van der Waals surface area (Å²) >= 11 is 1.27. The Morgan fingerprint density at radius 2 is 2.07 bits per heavy atom. The van der Waals surface area contributed by atoms with Crippen LogP contribution in [0.25, 0.3) is 0 Å². The molecule has 7 nitrogen and oxygen atoms in total. The molecule has 1 atom stereocenters. The maximum atomic E-state index is 12.5. The smallest absolute Gasteiger partial charge is 0.260 e. The zero-order valence-corrected chi connectivity index (χ0v) is 17.6. The Kier molecular flexibility index (Phi) is 6.33. The maximum Gasteiger partial charge on any atom is 0.260 e. The second-order valence-electron chi connectivity index (χ2n) is 6.70. The molecule has 1 unspecified atom stereocenters. The SMILES string of the molecule is COc1ccc(C)cc1C(C)NC(=O)Cc1csc(NC(=O)c2ccoc2C)n1. The van der Waals surface area contributed by atoms with Crippen LogP contribution < -0.4 is 15.4 Å². The number of thiazole rings is 1. The summed E-state index contributed by atoms with van der Waals surface area (Å²) in [6.45, 7) is 5.62. The summed E-state index contributed by atoms with van der Waals surface area (Å²) in [6, 6.07) is 7.25. The van der Waals surface area contributed by atoms with Crippen molar-refractivity contribution in [1.29, 1.82) is 0 Å². The summed E-state index contributed by atoms with van der Waals surface area (Å²) in [5.41, 5.74) is 3.06. The minimum Gasteiger partial charge on any atom is -0.496 e. The van der Waals surface area contributed by atoms with Crippen molar-refractivity contribution < 1.29 is 18.7 Å². The van der Waals surface area contributed by atoms with Gasteiger partial charge in [-0.15, -0.1) is 11.3 Å². The standard InChI is InChI=1S/C21H23N3O4S/c1-12-5-6-18(27-4)17(9-12)13(2)22-19(25)10-15-11-29-21(23-15)24-20(26)16-7-8-28-14(16)3/h5-9,11,13H,10H2,1-4H3,(H,22,25)(H,23,24,26). The molecule has 0 bridgehead atoms. The fourth-order valence-corrected chi connectivity index (χ4v) is 3.66. The van der Waals surface area contributed by atoms with E-state index in [0.717, 1.165) is 16.9 Å². The van der Waals surface area contributed by atoms with Gasteiger partial charge in [-0.2, -0.15) is 0 Å². The first-order valence-corrected chi connectivity index (χ1v) is 9.99. The topological polar surface area (TPSA) is 93.5 Å². The average Bonchev–Trinajstić information content (AvgIpc) is 3.30. The van der Waals surface area contributed by atoms with Crippen LogP contribution in [0.4, 0.5) is 5.13 Å². The number of carbonyl (C=O) groups excluding carboxylic acids is 2. The van der Waals surface area contributed by atoms with Crippen LogP contribution in [0.1, 0.15) is 45.9 Å². The largest absolute Gasteiger partial charge is 0.496 e. The van der Waals surface area contributed by atoms with Gasteiger partial charge >= 0.3 is 0 Å². The Bertz CT molecular complexity index is 1020. The van der Waals surface area contributed by atoms with E-state index in [4.69, 9.17) is 9.15 Å². The van der Waals surface area contributed by atoms with E-state index in [9.17, 15) is 9.59 Å². The number of rotatable bonds is 7. The molecule has 3 aromatic rings. The molecule has 0 saturated carbocycles. The molecule has 2 N–H and O–H groups in total. The number of aromatic nitrogens is 1. The van der Waals surface area contributed by atoms with Gasteiger partial charge in [0.15, 0.2) is 5.13 Å². The van der Waals surface area contributed by atoms with Gasteiger partial charge in [0.05, 0.1) is 37.1 Å². The van der Waals surface area contributed by atoms with E-state index in [1.165, 1.54) is 17.6 Å². The van der Waals surface area contributed by atoms with Crippen molar-refractivity contribution in [2.45, 2.75) is 33.2 Å². The Hall–Kier alpha value is -3.13. The third-order valence-electron chi connectivity index (χ3n) is 4.45. The van der Waals surface area contributed by atoms with Crippen LogP contribution >= 0.6 is 11.3 Å². The van der Waals surface area contributed by atoms with E-state index < -0.39 is 0 Å². The van der Waals surface area contributed by atoms with Gasteiger partial charge in [-0.05, 0) is 32.9 Å². The number of methoxy groups -OCH3 is 1. The fraction of sp³-hybridized carbons (Fsp3) is 0.286. The minimum atomic E-state index is -0.290. The second kappa shape index (κ2) is 8.91. The van der Waals surface area contributed by atoms with Crippen LogP contribution in [-0.2, 0) is 11.2 Å². The van der Waals surface area contributed by atoms with Crippen molar-refractivity contribution in [3.63, 3.8) is 0 Å². The average molecular weight is 413 g/mol. The molecule has 0 aliphatic heterocycles.